The van der Waals surface area contributed by atoms with Crippen LogP contribution in [0.4, 0.5) is 11.4 Å². The average Bonchev–Trinajstić information content (AvgIpc) is 3.08. The second-order valence-corrected chi connectivity index (χ2v) is 9.08. The topological polar surface area (TPSA) is 66.7 Å². The molecule has 2 aromatic carbocycles. The van der Waals surface area contributed by atoms with E-state index in [1.54, 1.807) is 12.1 Å². The number of hydrogen-bond acceptors (Lipinski definition) is 5. The Morgan fingerprint density at radius 3 is 2.46 bits per heavy atom. The molecule has 0 atom stereocenters. The first-order valence-electron chi connectivity index (χ1n) is 9.17. The van der Waals surface area contributed by atoms with Crippen molar-refractivity contribution >= 4 is 21.4 Å². The predicted octanol–water partition coefficient (Wildman–Crippen LogP) is 3.91. The smallest absolute Gasteiger partial charge is 0.264 e. The second kappa shape index (κ2) is 6.67. The summed E-state index contributed by atoms with van der Waals surface area (Å²) in [4.78, 5) is 2.41. The van der Waals surface area contributed by atoms with Crippen LogP contribution in [0.1, 0.15) is 16.8 Å². The molecule has 0 fully saturated rings. The van der Waals surface area contributed by atoms with Crippen molar-refractivity contribution in [3.63, 3.8) is 0 Å². The number of sulfonamides is 1. The highest BCUT2D eigenvalue weighted by atomic mass is 32.2. The molecule has 0 amide bonds. The van der Waals surface area contributed by atoms with Crippen molar-refractivity contribution in [2.75, 3.05) is 29.3 Å². The SMILES string of the molecule is Cc1cc(-c2ccc(S(=O)(=O)N3CCN(C)c4cccc(C)c43)c(C)c2)on1. The molecule has 146 valence electrons. The van der Waals surface area contributed by atoms with Gasteiger partial charge in [-0.25, -0.2) is 8.42 Å². The molecule has 0 saturated heterocycles. The van der Waals surface area contributed by atoms with Crippen LogP contribution in [0.25, 0.3) is 11.3 Å². The van der Waals surface area contributed by atoms with Crippen LogP contribution in [0.15, 0.2) is 51.9 Å². The fraction of sp³-hybridized carbons (Fsp3) is 0.286. The van der Waals surface area contributed by atoms with E-state index >= 15 is 0 Å². The Hall–Kier alpha value is -2.80. The van der Waals surface area contributed by atoms with Gasteiger partial charge in [-0.1, -0.05) is 17.3 Å². The summed E-state index contributed by atoms with van der Waals surface area (Å²) < 4.78 is 34.0. The fourth-order valence-corrected chi connectivity index (χ4v) is 5.44. The first kappa shape index (κ1) is 18.6. The molecule has 0 aliphatic carbocycles. The number of aromatic nitrogens is 1. The van der Waals surface area contributed by atoms with Gasteiger partial charge in [-0.05, 0) is 56.2 Å². The molecule has 28 heavy (non-hydrogen) atoms. The number of nitrogens with zero attached hydrogens (tertiary/aromatic N) is 3. The zero-order chi connectivity index (χ0) is 20.1. The number of aryl methyl sites for hydroxylation is 3. The van der Waals surface area contributed by atoms with Crippen molar-refractivity contribution in [1.82, 2.24) is 5.16 Å². The van der Waals surface area contributed by atoms with Gasteiger partial charge in [-0.3, -0.25) is 4.31 Å². The summed E-state index contributed by atoms with van der Waals surface area (Å²) in [6.45, 7) is 6.67. The van der Waals surface area contributed by atoms with Crippen LogP contribution in [-0.2, 0) is 10.0 Å². The molecule has 0 N–H and O–H groups in total. The van der Waals surface area contributed by atoms with Gasteiger partial charge in [0.1, 0.15) is 0 Å². The molecule has 3 aromatic rings. The average molecular weight is 398 g/mol. The van der Waals surface area contributed by atoms with Crippen LogP contribution in [0.5, 0.6) is 0 Å². The van der Waals surface area contributed by atoms with E-state index < -0.39 is 10.0 Å². The third-order valence-corrected chi connectivity index (χ3v) is 7.13. The van der Waals surface area contributed by atoms with Gasteiger partial charge in [0.25, 0.3) is 10.0 Å². The lowest BCUT2D eigenvalue weighted by molar-refractivity contribution is 0.427. The van der Waals surface area contributed by atoms with Crippen molar-refractivity contribution < 1.29 is 12.9 Å². The van der Waals surface area contributed by atoms with E-state index in [4.69, 9.17) is 4.52 Å². The van der Waals surface area contributed by atoms with Gasteiger partial charge in [-0.2, -0.15) is 0 Å². The summed E-state index contributed by atoms with van der Waals surface area (Å²) in [6, 6.07) is 13.0. The molecule has 0 bridgehead atoms. The van der Waals surface area contributed by atoms with E-state index in [-0.39, 0.29) is 0 Å². The maximum atomic E-state index is 13.6. The molecule has 6 nitrogen and oxygen atoms in total. The fourth-order valence-electron chi connectivity index (χ4n) is 3.70. The number of benzene rings is 2. The number of likely N-dealkylation sites (N-methyl/N-ethyl adjacent to an activating group) is 1. The Bertz CT molecular complexity index is 1150. The normalized spacial score (nSPS) is 14.3. The lowest BCUT2D eigenvalue weighted by atomic mass is 10.1. The summed E-state index contributed by atoms with van der Waals surface area (Å²) in [5.41, 5.74) is 4.91. The number of fused-ring (bicyclic) bond motifs is 1. The third kappa shape index (κ3) is 2.96. The molecular formula is C21H23N3O3S. The molecule has 0 saturated carbocycles. The molecule has 2 heterocycles. The zero-order valence-corrected chi connectivity index (χ0v) is 17.2. The first-order valence-corrected chi connectivity index (χ1v) is 10.6. The van der Waals surface area contributed by atoms with Gasteiger partial charge in [-0.15, -0.1) is 0 Å². The molecule has 0 radical (unpaired) electrons. The highest BCUT2D eigenvalue weighted by molar-refractivity contribution is 7.93. The van der Waals surface area contributed by atoms with Gasteiger partial charge in [0.15, 0.2) is 5.76 Å². The molecule has 1 aliphatic rings. The second-order valence-electron chi connectivity index (χ2n) is 7.25. The third-order valence-electron chi connectivity index (χ3n) is 5.17. The van der Waals surface area contributed by atoms with Crippen LogP contribution in [0.2, 0.25) is 0 Å². The van der Waals surface area contributed by atoms with Crippen molar-refractivity contribution in [3.8, 4) is 11.3 Å². The van der Waals surface area contributed by atoms with Crippen molar-refractivity contribution in [3.05, 3.63) is 59.3 Å². The van der Waals surface area contributed by atoms with Gasteiger partial charge in [0.05, 0.1) is 28.5 Å². The van der Waals surface area contributed by atoms with Crippen LogP contribution >= 0.6 is 0 Å². The molecule has 0 spiro atoms. The Balaban J connectivity index is 1.79. The maximum absolute atomic E-state index is 13.6. The zero-order valence-electron chi connectivity index (χ0n) is 16.4. The van der Waals surface area contributed by atoms with Crippen molar-refractivity contribution in [1.29, 1.82) is 0 Å². The highest BCUT2D eigenvalue weighted by Crippen LogP contribution is 2.39. The molecule has 4 rings (SSSR count). The minimum Gasteiger partial charge on any atom is -0.371 e. The molecular weight excluding hydrogens is 374 g/mol. The van der Waals surface area contributed by atoms with E-state index in [9.17, 15) is 8.42 Å². The summed E-state index contributed by atoms with van der Waals surface area (Å²) >= 11 is 0. The predicted molar refractivity (Wildman–Crippen MR) is 110 cm³/mol. The molecule has 0 unspecified atom stereocenters. The standard InChI is InChI=1S/C21H23N3O3S/c1-14-6-5-7-18-21(14)24(11-10-23(18)4)28(25,26)20-9-8-17(12-15(20)2)19-13-16(3)22-27-19/h5-9,12-13H,10-11H2,1-4H3. The van der Waals surface area contributed by atoms with Gasteiger partial charge < -0.3 is 9.42 Å². The Morgan fingerprint density at radius 2 is 1.79 bits per heavy atom. The molecule has 1 aliphatic heterocycles. The largest absolute Gasteiger partial charge is 0.371 e. The summed E-state index contributed by atoms with van der Waals surface area (Å²) in [5.74, 6) is 0.630. The Morgan fingerprint density at radius 1 is 1.00 bits per heavy atom. The summed E-state index contributed by atoms with van der Waals surface area (Å²) in [7, 11) is -1.70. The van der Waals surface area contributed by atoms with Crippen LogP contribution in [0, 0.1) is 20.8 Å². The Kier molecular flexibility index (Phi) is 4.42. The maximum Gasteiger partial charge on any atom is 0.264 e. The number of hydrogen-bond donors (Lipinski definition) is 0. The first-order chi connectivity index (χ1) is 13.3. The molecule has 7 heteroatoms. The van der Waals surface area contributed by atoms with Crippen molar-refractivity contribution in [2.24, 2.45) is 0 Å². The number of anilines is 2. The molecule has 1 aromatic heterocycles. The monoisotopic (exact) mass is 397 g/mol. The van der Waals surface area contributed by atoms with Gasteiger partial charge >= 0.3 is 0 Å². The van der Waals surface area contributed by atoms with Crippen LogP contribution in [-0.4, -0.2) is 33.7 Å². The minimum atomic E-state index is -3.69. The van der Waals surface area contributed by atoms with E-state index in [2.05, 4.69) is 10.1 Å². The van der Waals surface area contributed by atoms with E-state index in [1.807, 2.05) is 58.2 Å². The summed E-state index contributed by atoms with van der Waals surface area (Å²) in [5, 5.41) is 3.90. The number of para-hydroxylation sites is 1. The van der Waals surface area contributed by atoms with Crippen molar-refractivity contribution in [2.45, 2.75) is 25.7 Å². The van der Waals surface area contributed by atoms with E-state index in [0.717, 1.165) is 28.2 Å². The van der Waals surface area contributed by atoms with Crippen LogP contribution in [0.3, 0.4) is 0 Å². The highest BCUT2D eigenvalue weighted by Gasteiger charge is 2.33. The summed E-state index contributed by atoms with van der Waals surface area (Å²) in [6.07, 6.45) is 0. The van der Waals surface area contributed by atoms with Gasteiger partial charge in [0.2, 0.25) is 0 Å². The quantitative estimate of drug-likeness (QED) is 0.670. The lowest BCUT2D eigenvalue weighted by Crippen LogP contribution is -2.43. The van der Waals surface area contributed by atoms with Crippen LogP contribution < -0.4 is 9.21 Å². The van der Waals surface area contributed by atoms with Gasteiger partial charge in [0, 0.05) is 25.2 Å². The number of rotatable bonds is 3. The van der Waals surface area contributed by atoms with E-state index in [1.165, 1.54) is 4.31 Å². The lowest BCUT2D eigenvalue weighted by Gasteiger charge is -2.37. The Labute approximate surface area is 165 Å². The minimum absolute atomic E-state index is 0.311. The van der Waals surface area contributed by atoms with E-state index in [0.29, 0.717) is 29.3 Å².